The fourth-order valence-corrected chi connectivity index (χ4v) is 3.21. The Morgan fingerprint density at radius 2 is 2.04 bits per heavy atom. The van der Waals surface area contributed by atoms with Crippen molar-refractivity contribution in [3.8, 4) is 5.69 Å². The molecule has 8 heteroatoms. The summed E-state index contributed by atoms with van der Waals surface area (Å²) in [5.74, 6) is 0.0860. The minimum atomic E-state index is -0.129. The van der Waals surface area contributed by atoms with Gasteiger partial charge >= 0.3 is 0 Å². The summed E-state index contributed by atoms with van der Waals surface area (Å²) in [6.45, 7) is 2.08. The lowest BCUT2D eigenvalue weighted by Gasteiger charge is -2.15. The van der Waals surface area contributed by atoms with Crippen molar-refractivity contribution >= 4 is 23.0 Å². The maximum atomic E-state index is 12.3. The maximum absolute atomic E-state index is 12.3. The molecular formula is C19H20N6O2. The summed E-state index contributed by atoms with van der Waals surface area (Å²) in [5, 5.41) is 11.1. The number of fused-ring (bicyclic) bond motifs is 1. The SMILES string of the molecule is O=C(NCCCN1CCCC1=O)c1ccc(-n2nnc3cccnc32)cc1. The lowest BCUT2D eigenvalue weighted by Crippen LogP contribution is -2.30. The van der Waals surface area contributed by atoms with Crippen LogP contribution in [0.5, 0.6) is 0 Å². The average molecular weight is 364 g/mol. The first-order chi connectivity index (χ1) is 13.2. The van der Waals surface area contributed by atoms with E-state index in [-0.39, 0.29) is 11.8 Å². The fraction of sp³-hybridized carbons (Fsp3) is 0.316. The summed E-state index contributed by atoms with van der Waals surface area (Å²) in [5.41, 5.74) is 2.76. The van der Waals surface area contributed by atoms with Crippen LogP contribution in [0.15, 0.2) is 42.6 Å². The number of amides is 2. The highest BCUT2D eigenvalue weighted by atomic mass is 16.2. The summed E-state index contributed by atoms with van der Waals surface area (Å²) in [6, 6.07) is 10.8. The fourth-order valence-electron chi connectivity index (χ4n) is 3.21. The number of likely N-dealkylation sites (tertiary alicyclic amines) is 1. The van der Waals surface area contributed by atoms with Gasteiger partial charge in [0.15, 0.2) is 5.65 Å². The second kappa shape index (κ2) is 7.53. The molecule has 0 bridgehead atoms. The number of hydrogen-bond acceptors (Lipinski definition) is 5. The normalized spacial score (nSPS) is 14.1. The number of carbonyl (C=O) groups is 2. The highest BCUT2D eigenvalue weighted by Crippen LogP contribution is 2.14. The molecule has 0 atom stereocenters. The van der Waals surface area contributed by atoms with Crippen LogP contribution in [0.25, 0.3) is 16.9 Å². The van der Waals surface area contributed by atoms with Gasteiger partial charge in [0.1, 0.15) is 5.52 Å². The first kappa shape index (κ1) is 17.1. The predicted molar refractivity (Wildman–Crippen MR) is 99.4 cm³/mol. The van der Waals surface area contributed by atoms with Gasteiger partial charge in [-0.15, -0.1) is 5.10 Å². The Morgan fingerprint density at radius 1 is 1.19 bits per heavy atom. The molecule has 0 radical (unpaired) electrons. The van der Waals surface area contributed by atoms with Crippen molar-refractivity contribution in [2.45, 2.75) is 19.3 Å². The van der Waals surface area contributed by atoms with E-state index in [4.69, 9.17) is 0 Å². The van der Waals surface area contributed by atoms with Gasteiger partial charge in [0.05, 0.1) is 5.69 Å². The second-order valence-corrected chi connectivity index (χ2v) is 6.49. The van der Waals surface area contributed by atoms with Crippen molar-refractivity contribution in [2.24, 2.45) is 0 Å². The highest BCUT2D eigenvalue weighted by Gasteiger charge is 2.19. The monoisotopic (exact) mass is 364 g/mol. The van der Waals surface area contributed by atoms with Crippen molar-refractivity contribution in [3.63, 3.8) is 0 Å². The molecule has 1 fully saturated rings. The van der Waals surface area contributed by atoms with E-state index in [2.05, 4.69) is 20.6 Å². The molecule has 1 aromatic carbocycles. The maximum Gasteiger partial charge on any atom is 0.251 e. The molecule has 1 aliphatic heterocycles. The van der Waals surface area contributed by atoms with E-state index in [9.17, 15) is 9.59 Å². The smallest absolute Gasteiger partial charge is 0.251 e. The molecule has 1 saturated heterocycles. The lowest BCUT2D eigenvalue weighted by atomic mass is 10.2. The number of hydrogen-bond donors (Lipinski definition) is 1. The average Bonchev–Trinajstić information content (AvgIpc) is 3.31. The van der Waals surface area contributed by atoms with Crippen LogP contribution >= 0.6 is 0 Å². The van der Waals surface area contributed by atoms with Gasteiger partial charge in [-0.2, -0.15) is 4.68 Å². The Balaban J connectivity index is 1.34. The van der Waals surface area contributed by atoms with Crippen LogP contribution < -0.4 is 5.32 Å². The molecule has 2 aromatic heterocycles. The zero-order valence-electron chi connectivity index (χ0n) is 14.8. The molecule has 138 valence electrons. The predicted octanol–water partition coefficient (Wildman–Crippen LogP) is 1.56. The van der Waals surface area contributed by atoms with Crippen LogP contribution in [0.2, 0.25) is 0 Å². The molecule has 0 aliphatic carbocycles. The Labute approximate surface area is 156 Å². The van der Waals surface area contributed by atoms with E-state index in [0.29, 0.717) is 30.7 Å². The number of aromatic nitrogens is 4. The quantitative estimate of drug-likeness (QED) is 0.670. The van der Waals surface area contributed by atoms with E-state index >= 15 is 0 Å². The molecule has 8 nitrogen and oxygen atoms in total. The molecule has 1 N–H and O–H groups in total. The molecule has 27 heavy (non-hydrogen) atoms. The van der Waals surface area contributed by atoms with Crippen molar-refractivity contribution < 1.29 is 9.59 Å². The molecule has 3 heterocycles. The molecule has 2 amide bonds. The van der Waals surface area contributed by atoms with Crippen LogP contribution in [0.1, 0.15) is 29.6 Å². The number of carbonyl (C=O) groups excluding carboxylic acids is 2. The third-order valence-corrected chi connectivity index (χ3v) is 4.64. The summed E-state index contributed by atoms with van der Waals surface area (Å²) >= 11 is 0. The Hall–Kier alpha value is -3.29. The number of nitrogens with one attached hydrogen (secondary N) is 1. The first-order valence-corrected chi connectivity index (χ1v) is 9.05. The Morgan fingerprint density at radius 3 is 2.81 bits per heavy atom. The summed E-state index contributed by atoms with van der Waals surface area (Å²) in [4.78, 5) is 30.0. The molecule has 4 rings (SSSR count). The van der Waals surface area contributed by atoms with Crippen LogP contribution in [0, 0.1) is 0 Å². The van der Waals surface area contributed by atoms with Gasteiger partial charge in [-0.05, 0) is 49.2 Å². The van der Waals surface area contributed by atoms with Crippen LogP contribution in [0.3, 0.4) is 0 Å². The Kier molecular flexibility index (Phi) is 4.78. The molecule has 0 saturated carbocycles. The van der Waals surface area contributed by atoms with Crippen LogP contribution in [-0.4, -0.2) is 56.3 Å². The molecule has 0 spiro atoms. The minimum Gasteiger partial charge on any atom is -0.352 e. The molecule has 3 aromatic rings. The van der Waals surface area contributed by atoms with Gasteiger partial charge in [0.25, 0.3) is 5.91 Å². The van der Waals surface area contributed by atoms with Crippen molar-refractivity contribution in [1.29, 1.82) is 0 Å². The van der Waals surface area contributed by atoms with E-state index in [0.717, 1.165) is 30.6 Å². The van der Waals surface area contributed by atoms with Crippen LogP contribution in [0.4, 0.5) is 0 Å². The van der Waals surface area contributed by atoms with Gasteiger partial charge in [-0.25, -0.2) is 4.98 Å². The third kappa shape index (κ3) is 3.64. The van der Waals surface area contributed by atoms with Crippen molar-refractivity contribution in [1.82, 2.24) is 30.2 Å². The second-order valence-electron chi connectivity index (χ2n) is 6.49. The minimum absolute atomic E-state index is 0.129. The first-order valence-electron chi connectivity index (χ1n) is 9.05. The van der Waals surface area contributed by atoms with Gasteiger partial charge in [0, 0.05) is 37.8 Å². The van der Waals surface area contributed by atoms with Crippen molar-refractivity contribution in [3.05, 3.63) is 48.2 Å². The zero-order chi connectivity index (χ0) is 18.6. The summed E-state index contributed by atoms with van der Waals surface area (Å²) < 4.78 is 1.64. The number of rotatable bonds is 6. The van der Waals surface area contributed by atoms with Gasteiger partial charge < -0.3 is 10.2 Å². The lowest BCUT2D eigenvalue weighted by molar-refractivity contribution is -0.127. The van der Waals surface area contributed by atoms with E-state index in [1.54, 1.807) is 23.0 Å². The number of benzene rings is 1. The van der Waals surface area contributed by atoms with Crippen molar-refractivity contribution in [2.75, 3.05) is 19.6 Å². The van der Waals surface area contributed by atoms with E-state index in [1.165, 1.54) is 0 Å². The van der Waals surface area contributed by atoms with Gasteiger partial charge in [-0.3, -0.25) is 9.59 Å². The Bertz CT molecular complexity index is 966. The number of pyridine rings is 1. The molecule has 1 aliphatic rings. The van der Waals surface area contributed by atoms with Crippen LogP contribution in [-0.2, 0) is 4.79 Å². The topological polar surface area (TPSA) is 93.0 Å². The highest BCUT2D eigenvalue weighted by molar-refractivity contribution is 5.94. The zero-order valence-corrected chi connectivity index (χ0v) is 14.8. The van der Waals surface area contributed by atoms with E-state index < -0.39 is 0 Å². The standard InChI is InChI=1S/C19H20N6O2/c26-17-5-2-12-24(17)13-3-11-21-19(27)14-6-8-15(9-7-14)25-18-16(22-23-25)4-1-10-20-18/h1,4,6-10H,2-3,5,11-13H2,(H,21,27). The summed E-state index contributed by atoms with van der Waals surface area (Å²) in [7, 11) is 0. The third-order valence-electron chi connectivity index (χ3n) is 4.64. The van der Waals surface area contributed by atoms with E-state index in [1.807, 2.05) is 29.2 Å². The summed E-state index contributed by atoms with van der Waals surface area (Å²) in [6.07, 6.45) is 4.04. The van der Waals surface area contributed by atoms with Gasteiger partial charge in [-0.1, -0.05) is 5.21 Å². The molecule has 0 unspecified atom stereocenters. The molecular weight excluding hydrogens is 344 g/mol. The largest absolute Gasteiger partial charge is 0.352 e. The van der Waals surface area contributed by atoms with Gasteiger partial charge in [0.2, 0.25) is 5.91 Å². The number of nitrogens with zero attached hydrogens (tertiary/aromatic N) is 5.